The molecule has 2 rings (SSSR count). The van der Waals surface area contributed by atoms with E-state index in [9.17, 15) is 5.11 Å². The highest BCUT2D eigenvalue weighted by molar-refractivity contribution is 5.27. The second kappa shape index (κ2) is 9.33. The third-order valence-electron chi connectivity index (χ3n) is 3.86. The minimum atomic E-state index is -0.531. The zero-order valence-corrected chi connectivity index (χ0v) is 14.0. The second-order valence-corrected chi connectivity index (χ2v) is 5.90. The van der Waals surface area contributed by atoms with E-state index in [0.29, 0.717) is 13.2 Å². The molecule has 3 nitrogen and oxygen atoms in total. The van der Waals surface area contributed by atoms with Crippen molar-refractivity contribution in [2.75, 3.05) is 13.2 Å². The average molecular weight is 313 g/mol. The number of ether oxygens (including phenoxy) is 1. The van der Waals surface area contributed by atoms with Gasteiger partial charge in [-0.3, -0.25) is 0 Å². The lowest BCUT2D eigenvalue weighted by Gasteiger charge is -2.18. The summed E-state index contributed by atoms with van der Waals surface area (Å²) < 4.78 is 5.65. The molecule has 2 N–H and O–H groups in total. The Morgan fingerprint density at radius 1 is 1.04 bits per heavy atom. The van der Waals surface area contributed by atoms with Gasteiger partial charge in [0, 0.05) is 12.6 Å². The van der Waals surface area contributed by atoms with Crippen molar-refractivity contribution in [2.45, 2.75) is 38.8 Å². The number of benzene rings is 2. The van der Waals surface area contributed by atoms with Crippen LogP contribution in [0.3, 0.4) is 0 Å². The van der Waals surface area contributed by atoms with Gasteiger partial charge in [0.15, 0.2) is 0 Å². The first-order valence-electron chi connectivity index (χ1n) is 8.37. The maximum absolute atomic E-state index is 10.1. The first-order valence-corrected chi connectivity index (χ1v) is 8.37. The van der Waals surface area contributed by atoms with Crippen LogP contribution in [0.1, 0.15) is 37.4 Å². The van der Waals surface area contributed by atoms with Crippen molar-refractivity contribution in [3.63, 3.8) is 0 Å². The molecule has 0 radical (unpaired) electrons. The number of hydrogen-bond donors (Lipinski definition) is 2. The Kier molecular flexibility index (Phi) is 7.11. The van der Waals surface area contributed by atoms with Gasteiger partial charge < -0.3 is 15.2 Å². The summed E-state index contributed by atoms with van der Waals surface area (Å²) >= 11 is 0. The maximum Gasteiger partial charge on any atom is 0.119 e. The fraction of sp³-hybridized carbons (Fsp3) is 0.400. The van der Waals surface area contributed by atoms with Crippen LogP contribution < -0.4 is 10.1 Å². The third kappa shape index (κ3) is 6.05. The van der Waals surface area contributed by atoms with Crippen LogP contribution in [0.4, 0.5) is 0 Å². The number of hydrogen-bond acceptors (Lipinski definition) is 3. The van der Waals surface area contributed by atoms with Gasteiger partial charge in [-0.15, -0.1) is 0 Å². The highest BCUT2D eigenvalue weighted by Crippen LogP contribution is 2.14. The zero-order valence-electron chi connectivity index (χ0n) is 14.0. The van der Waals surface area contributed by atoms with Crippen molar-refractivity contribution >= 4 is 0 Å². The predicted molar refractivity (Wildman–Crippen MR) is 94.8 cm³/mol. The lowest BCUT2D eigenvalue weighted by atomic mass is 10.1. The van der Waals surface area contributed by atoms with Crippen LogP contribution in [0.15, 0.2) is 54.6 Å². The predicted octanol–water partition coefficient (Wildman–Crippen LogP) is 3.73. The summed E-state index contributed by atoms with van der Waals surface area (Å²) in [6, 6.07) is 18.5. The molecule has 0 spiro atoms. The molecule has 2 atom stereocenters. The third-order valence-corrected chi connectivity index (χ3v) is 3.86. The number of rotatable bonds is 9. The summed E-state index contributed by atoms with van der Waals surface area (Å²) in [4.78, 5) is 0. The molecule has 3 heteroatoms. The Hall–Kier alpha value is -1.84. The van der Waals surface area contributed by atoms with E-state index < -0.39 is 6.10 Å². The minimum absolute atomic E-state index is 0.208. The second-order valence-electron chi connectivity index (χ2n) is 5.90. The Labute approximate surface area is 139 Å². The van der Waals surface area contributed by atoms with Crippen molar-refractivity contribution in [3.05, 3.63) is 65.7 Å². The number of nitrogens with one attached hydrogen (secondary N) is 1. The van der Waals surface area contributed by atoms with E-state index in [2.05, 4.69) is 43.4 Å². The number of aliphatic hydroxyl groups is 1. The summed E-state index contributed by atoms with van der Waals surface area (Å²) in [7, 11) is 0. The van der Waals surface area contributed by atoms with Crippen molar-refractivity contribution in [2.24, 2.45) is 0 Å². The molecule has 0 bridgehead atoms. The first kappa shape index (κ1) is 17.5. The van der Waals surface area contributed by atoms with Gasteiger partial charge in [-0.2, -0.15) is 0 Å². The molecule has 0 aromatic heterocycles. The molecule has 0 saturated carbocycles. The van der Waals surface area contributed by atoms with Gasteiger partial charge in [0.25, 0.3) is 0 Å². The Balaban J connectivity index is 1.71. The summed E-state index contributed by atoms with van der Waals surface area (Å²) in [5.41, 5.74) is 2.53. The summed E-state index contributed by atoms with van der Waals surface area (Å²) in [5, 5.41) is 13.4. The molecule has 23 heavy (non-hydrogen) atoms. The highest BCUT2D eigenvalue weighted by Gasteiger charge is 2.09. The van der Waals surface area contributed by atoms with E-state index in [-0.39, 0.29) is 6.04 Å². The molecule has 2 unspecified atom stereocenters. The first-order chi connectivity index (χ1) is 11.2. The monoisotopic (exact) mass is 313 g/mol. The molecule has 2 aromatic carbocycles. The van der Waals surface area contributed by atoms with Gasteiger partial charge in [0.2, 0.25) is 0 Å². The fourth-order valence-electron chi connectivity index (χ4n) is 2.46. The Morgan fingerprint density at radius 3 is 2.39 bits per heavy atom. The molecular formula is C20H27NO2. The van der Waals surface area contributed by atoms with E-state index in [0.717, 1.165) is 18.6 Å². The van der Waals surface area contributed by atoms with E-state index in [1.807, 2.05) is 30.3 Å². The van der Waals surface area contributed by atoms with Crippen LogP contribution in [-0.4, -0.2) is 24.4 Å². The van der Waals surface area contributed by atoms with E-state index in [4.69, 9.17) is 4.74 Å². The maximum atomic E-state index is 10.1. The molecule has 124 valence electrons. The quantitative estimate of drug-likeness (QED) is 0.741. The molecule has 0 heterocycles. The van der Waals surface area contributed by atoms with Crippen molar-refractivity contribution in [3.8, 4) is 5.75 Å². The molecule has 0 aliphatic rings. The summed E-state index contributed by atoms with van der Waals surface area (Å²) in [6.07, 6.45) is 1.70. The Morgan fingerprint density at radius 2 is 1.74 bits per heavy atom. The van der Waals surface area contributed by atoms with Crippen LogP contribution in [0.25, 0.3) is 0 Å². The van der Waals surface area contributed by atoms with Crippen LogP contribution in [0, 0.1) is 0 Å². The highest BCUT2D eigenvalue weighted by atomic mass is 16.5. The van der Waals surface area contributed by atoms with E-state index >= 15 is 0 Å². The fourth-order valence-corrected chi connectivity index (χ4v) is 2.46. The molecule has 0 fully saturated rings. The smallest absolute Gasteiger partial charge is 0.119 e. The van der Waals surface area contributed by atoms with Gasteiger partial charge in [0.1, 0.15) is 18.5 Å². The van der Waals surface area contributed by atoms with Crippen LogP contribution in [-0.2, 0) is 6.42 Å². The standard InChI is InChI=1S/C20H27NO2/c1-3-7-17-10-12-20(13-11-17)23-15-19(22)14-21-16(2)18-8-5-4-6-9-18/h4-6,8-13,16,19,21-22H,3,7,14-15H2,1-2H3. The molecule has 2 aromatic rings. The van der Waals surface area contributed by atoms with Crippen LogP contribution >= 0.6 is 0 Å². The minimum Gasteiger partial charge on any atom is -0.491 e. The molecule has 0 aliphatic carbocycles. The zero-order chi connectivity index (χ0) is 16.5. The largest absolute Gasteiger partial charge is 0.491 e. The van der Waals surface area contributed by atoms with E-state index in [1.54, 1.807) is 0 Å². The van der Waals surface area contributed by atoms with Gasteiger partial charge in [0.05, 0.1) is 0 Å². The average Bonchev–Trinajstić information content (AvgIpc) is 2.60. The Bertz CT molecular complexity index is 554. The number of aryl methyl sites for hydroxylation is 1. The molecule has 0 aliphatic heterocycles. The lowest BCUT2D eigenvalue weighted by Crippen LogP contribution is -2.33. The summed E-state index contributed by atoms with van der Waals surface area (Å²) in [5.74, 6) is 0.806. The normalized spacial score (nSPS) is 13.5. The SMILES string of the molecule is CCCc1ccc(OCC(O)CNC(C)c2ccccc2)cc1. The summed E-state index contributed by atoms with van der Waals surface area (Å²) in [6.45, 7) is 5.06. The van der Waals surface area contributed by atoms with Gasteiger partial charge in [-0.25, -0.2) is 0 Å². The number of aliphatic hydroxyl groups excluding tert-OH is 1. The molecule has 0 saturated heterocycles. The molecule has 0 amide bonds. The van der Waals surface area contributed by atoms with Crippen molar-refractivity contribution in [1.82, 2.24) is 5.32 Å². The van der Waals surface area contributed by atoms with E-state index in [1.165, 1.54) is 11.1 Å². The topological polar surface area (TPSA) is 41.5 Å². The van der Waals surface area contributed by atoms with Crippen molar-refractivity contribution in [1.29, 1.82) is 0 Å². The lowest BCUT2D eigenvalue weighted by molar-refractivity contribution is 0.104. The van der Waals surface area contributed by atoms with Gasteiger partial charge in [-0.1, -0.05) is 55.8 Å². The van der Waals surface area contributed by atoms with Gasteiger partial charge in [-0.05, 0) is 36.6 Å². The van der Waals surface area contributed by atoms with Crippen molar-refractivity contribution < 1.29 is 9.84 Å². The molecular weight excluding hydrogens is 286 g/mol. The van der Waals surface area contributed by atoms with Crippen LogP contribution in [0.5, 0.6) is 5.75 Å². The van der Waals surface area contributed by atoms with Gasteiger partial charge >= 0.3 is 0 Å². The van der Waals surface area contributed by atoms with Crippen LogP contribution in [0.2, 0.25) is 0 Å².